The van der Waals surface area contributed by atoms with E-state index in [0.717, 1.165) is 18.8 Å². The number of rotatable bonds is 6. The van der Waals surface area contributed by atoms with Crippen molar-refractivity contribution < 1.29 is 0 Å². The Balaban J connectivity index is 1.98. The topological polar surface area (TPSA) is 68.8 Å². The number of hydrazine groups is 1. The average molecular weight is 293 g/mol. The normalized spacial score (nSPS) is 20.9. The second-order valence-electron chi connectivity index (χ2n) is 7.73. The molecule has 21 heavy (non-hydrogen) atoms. The van der Waals surface area contributed by atoms with Gasteiger partial charge in [-0.15, -0.1) is 0 Å². The molecule has 0 saturated heterocycles. The summed E-state index contributed by atoms with van der Waals surface area (Å²) in [4.78, 5) is 4.44. The van der Waals surface area contributed by atoms with Gasteiger partial charge in [-0.25, -0.2) is 9.67 Å². The second-order valence-corrected chi connectivity index (χ2v) is 7.73. The third kappa shape index (κ3) is 4.51. The van der Waals surface area contributed by atoms with Crippen LogP contribution in [-0.2, 0) is 13.0 Å². The van der Waals surface area contributed by atoms with Crippen LogP contribution in [0.1, 0.15) is 59.2 Å². The van der Waals surface area contributed by atoms with Gasteiger partial charge in [0, 0.05) is 19.0 Å². The zero-order valence-electron chi connectivity index (χ0n) is 14.0. The number of hydrogen-bond donors (Lipinski definition) is 2. The fourth-order valence-electron chi connectivity index (χ4n) is 3.33. The molecule has 0 spiro atoms. The highest BCUT2D eigenvalue weighted by atomic mass is 15.3. The molecule has 1 aromatic heterocycles. The average Bonchev–Trinajstić information content (AvgIpc) is 2.83. The molecule has 0 aliphatic heterocycles. The van der Waals surface area contributed by atoms with Gasteiger partial charge in [-0.3, -0.25) is 11.3 Å². The maximum Gasteiger partial charge on any atom is 0.138 e. The molecule has 0 amide bonds. The predicted molar refractivity (Wildman–Crippen MR) is 85.4 cm³/mol. The predicted octanol–water partition coefficient (Wildman–Crippen LogP) is 2.52. The lowest BCUT2D eigenvalue weighted by molar-refractivity contribution is 0.159. The SMILES string of the molecule is CC(C)Cn1ncnc1CC(NN)C1CCC(C)(C)CC1. The zero-order valence-corrected chi connectivity index (χ0v) is 14.0. The van der Waals surface area contributed by atoms with Crippen molar-refractivity contribution >= 4 is 0 Å². The van der Waals surface area contributed by atoms with Crippen LogP contribution >= 0.6 is 0 Å². The summed E-state index contributed by atoms with van der Waals surface area (Å²) in [6, 6.07) is 0.302. The van der Waals surface area contributed by atoms with Crippen LogP contribution < -0.4 is 11.3 Å². The monoisotopic (exact) mass is 293 g/mol. The Labute approximate surface area is 128 Å². The fourth-order valence-corrected chi connectivity index (χ4v) is 3.33. The molecule has 5 heteroatoms. The third-order valence-electron chi connectivity index (χ3n) is 4.80. The second kappa shape index (κ2) is 6.88. The summed E-state index contributed by atoms with van der Waals surface area (Å²) in [6.07, 6.45) is 7.60. The molecule has 5 nitrogen and oxygen atoms in total. The molecule has 1 atom stereocenters. The summed E-state index contributed by atoms with van der Waals surface area (Å²) in [5, 5.41) is 4.35. The molecule has 1 aromatic rings. The molecule has 0 aromatic carbocycles. The Morgan fingerprint density at radius 2 is 2.05 bits per heavy atom. The maximum atomic E-state index is 5.83. The quantitative estimate of drug-likeness (QED) is 0.624. The van der Waals surface area contributed by atoms with Gasteiger partial charge in [0.25, 0.3) is 0 Å². The first-order chi connectivity index (χ1) is 9.91. The minimum Gasteiger partial charge on any atom is -0.271 e. The van der Waals surface area contributed by atoms with Crippen LogP contribution in [0.4, 0.5) is 0 Å². The van der Waals surface area contributed by atoms with Crippen LogP contribution in [0.15, 0.2) is 6.33 Å². The number of hydrogen-bond acceptors (Lipinski definition) is 4. The highest BCUT2D eigenvalue weighted by molar-refractivity contribution is 4.94. The van der Waals surface area contributed by atoms with Crippen LogP contribution in [0.3, 0.4) is 0 Å². The van der Waals surface area contributed by atoms with Gasteiger partial charge < -0.3 is 0 Å². The van der Waals surface area contributed by atoms with Crippen LogP contribution in [0, 0.1) is 17.3 Å². The molecule has 3 N–H and O–H groups in total. The highest BCUT2D eigenvalue weighted by Crippen LogP contribution is 2.39. The van der Waals surface area contributed by atoms with E-state index in [-0.39, 0.29) is 0 Å². The summed E-state index contributed by atoms with van der Waals surface area (Å²) in [6.45, 7) is 10.1. The van der Waals surface area contributed by atoms with Crippen molar-refractivity contribution in [1.82, 2.24) is 20.2 Å². The molecular formula is C16H31N5. The molecule has 1 heterocycles. The summed E-state index contributed by atoms with van der Waals surface area (Å²) in [7, 11) is 0. The molecule has 0 radical (unpaired) electrons. The Morgan fingerprint density at radius 3 is 2.62 bits per heavy atom. The van der Waals surface area contributed by atoms with Gasteiger partial charge in [0.15, 0.2) is 0 Å². The largest absolute Gasteiger partial charge is 0.271 e. The minimum atomic E-state index is 0.302. The Kier molecular flexibility index (Phi) is 5.38. The first-order valence-corrected chi connectivity index (χ1v) is 8.24. The molecule has 1 aliphatic carbocycles. The van der Waals surface area contributed by atoms with Gasteiger partial charge in [-0.05, 0) is 42.9 Å². The highest BCUT2D eigenvalue weighted by Gasteiger charge is 2.31. The number of aromatic nitrogens is 3. The van der Waals surface area contributed by atoms with Crippen molar-refractivity contribution in [1.29, 1.82) is 0 Å². The summed E-state index contributed by atoms with van der Waals surface area (Å²) < 4.78 is 2.03. The zero-order chi connectivity index (χ0) is 15.5. The molecule has 2 rings (SSSR count). The first kappa shape index (κ1) is 16.4. The van der Waals surface area contributed by atoms with Gasteiger partial charge in [-0.1, -0.05) is 27.7 Å². The van der Waals surface area contributed by atoms with Crippen molar-refractivity contribution in [2.45, 2.75) is 72.4 Å². The molecule has 0 bridgehead atoms. The number of nitrogens with two attached hydrogens (primary N) is 1. The lowest BCUT2D eigenvalue weighted by Gasteiger charge is -2.37. The van der Waals surface area contributed by atoms with E-state index in [1.54, 1.807) is 6.33 Å². The van der Waals surface area contributed by atoms with E-state index < -0.39 is 0 Å². The van der Waals surface area contributed by atoms with Gasteiger partial charge in [0.1, 0.15) is 12.2 Å². The van der Waals surface area contributed by atoms with Crippen LogP contribution in [0.5, 0.6) is 0 Å². The molecular weight excluding hydrogens is 262 g/mol. The molecule has 1 aliphatic rings. The molecule has 1 fully saturated rings. The number of nitrogens with zero attached hydrogens (tertiary/aromatic N) is 3. The molecule has 120 valence electrons. The van der Waals surface area contributed by atoms with Gasteiger partial charge in [-0.2, -0.15) is 5.10 Å². The van der Waals surface area contributed by atoms with E-state index in [0.29, 0.717) is 23.3 Å². The van der Waals surface area contributed by atoms with Crippen molar-refractivity contribution in [2.75, 3.05) is 0 Å². The van der Waals surface area contributed by atoms with Crippen molar-refractivity contribution in [3.05, 3.63) is 12.2 Å². The van der Waals surface area contributed by atoms with Crippen LogP contribution in [-0.4, -0.2) is 20.8 Å². The van der Waals surface area contributed by atoms with Gasteiger partial charge in [0.2, 0.25) is 0 Å². The van der Waals surface area contributed by atoms with Crippen molar-refractivity contribution in [3.8, 4) is 0 Å². The van der Waals surface area contributed by atoms with E-state index in [2.05, 4.69) is 43.2 Å². The Bertz CT molecular complexity index is 428. The summed E-state index contributed by atoms with van der Waals surface area (Å²) in [5.74, 6) is 8.10. The van der Waals surface area contributed by atoms with Crippen LogP contribution in [0.2, 0.25) is 0 Å². The Hall–Kier alpha value is -0.940. The maximum absolute atomic E-state index is 5.83. The van der Waals surface area contributed by atoms with Gasteiger partial charge >= 0.3 is 0 Å². The van der Waals surface area contributed by atoms with Crippen LogP contribution in [0.25, 0.3) is 0 Å². The molecule has 1 unspecified atom stereocenters. The smallest absolute Gasteiger partial charge is 0.138 e. The summed E-state index contributed by atoms with van der Waals surface area (Å²) in [5.41, 5.74) is 3.53. The number of nitrogens with one attached hydrogen (secondary N) is 1. The summed E-state index contributed by atoms with van der Waals surface area (Å²) >= 11 is 0. The fraction of sp³-hybridized carbons (Fsp3) is 0.875. The third-order valence-corrected chi connectivity index (χ3v) is 4.80. The standard InChI is InChI=1S/C16H31N5/c1-12(2)10-21-15(18-11-19-21)9-14(20-17)13-5-7-16(3,4)8-6-13/h11-14,20H,5-10,17H2,1-4H3. The van der Waals surface area contributed by atoms with E-state index in [4.69, 9.17) is 5.84 Å². The molecule has 1 saturated carbocycles. The lowest BCUT2D eigenvalue weighted by atomic mass is 9.71. The van der Waals surface area contributed by atoms with E-state index >= 15 is 0 Å². The lowest BCUT2D eigenvalue weighted by Crippen LogP contribution is -2.45. The first-order valence-electron chi connectivity index (χ1n) is 8.24. The Morgan fingerprint density at radius 1 is 1.38 bits per heavy atom. The van der Waals surface area contributed by atoms with E-state index in [1.165, 1.54) is 25.7 Å². The van der Waals surface area contributed by atoms with E-state index in [1.807, 2.05) is 4.68 Å². The van der Waals surface area contributed by atoms with E-state index in [9.17, 15) is 0 Å². The van der Waals surface area contributed by atoms with Gasteiger partial charge in [0.05, 0.1) is 0 Å². The minimum absolute atomic E-state index is 0.302. The van der Waals surface area contributed by atoms with Crippen molar-refractivity contribution in [3.63, 3.8) is 0 Å². The van der Waals surface area contributed by atoms with Crippen molar-refractivity contribution in [2.24, 2.45) is 23.1 Å².